The molecule has 1 aromatic heterocycles. The van der Waals surface area contributed by atoms with Crippen LogP contribution in [0.5, 0.6) is 5.75 Å². The molecule has 1 atom stereocenters. The molecule has 0 spiro atoms. The molecule has 40 heavy (non-hydrogen) atoms. The minimum atomic E-state index is -4.13. The zero-order chi connectivity index (χ0) is 29.4. The van der Waals surface area contributed by atoms with E-state index in [1.165, 1.54) is 30.5 Å². The third-order valence-electron chi connectivity index (χ3n) is 5.38. The molecule has 1 amide bonds. The number of rotatable bonds is 13. The number of nitrogens with zero attached hydrogens (tertiary/aromatic N) is 2. The number of carboxylic acid groups (broad SMARTS) is 2. The van der Waals surface area contributed by atoms with Crippen LogP contribution in [0.15, 0.2) is 64.8 Å². The number of carbonyl (C=O) groups excluding carboxylic acids is 2. The SMILES string of the molecule is Cc1ccnc(SCC(=O)C(CC(=O)O)NC(=O)c2ccc(CNS(=O)(=O)c3ccc(O)c(C(=O)O)c3)cc2)n1. The number of thioether (sulfide) groups is 1. The van der Waals surface area contributed by atoms with Crippen molar-refractivity contribution in [1.82, 2.24) is 20.0 Å². The van der Waals surface area contributed by atoms with Gasteiger partial charge in [0, 0.05) is 24.0 Å². The molecule has 3 aromatic rings. The summed E-state index contributed by atoms with van der Waals surface area (Å²) in [6, 6.07) is 8.89. The van der Waals surface area contributed by atoms with Gasteiger partial charge in [0.1, 0.15) is 11.3 Å². The standard InChI is InChI=1S/C25H24N4O9S2/c1-14-8-9-26-25(28-14)39-13-21(31)19(11-22(32)33)29-23(34)16-4-2-15(3-5-16)12-27-40(37,38)17-6-7-20(30)18(10-17)24(35)36/h2-10,19,27,30H,11-13H2,1H3,(H,29,34)(H,32,33)(H,35,36). The van der Waals surface area contributed by atoms with Crippen molar-refractivity contribution in [2.75, 3.05) is 5.75 Å². The topological polar surface area (TPSA) is 213 Å². The van der Waals surface area contributed by atoms with E-state index in [-0.39, 0.29) is 22.8 Å². The lowest BCUT2D eigenvalue weighted by molar-refractivity contribution is -0.139. The first-order valence-corrected chi connectivity index (χ1v) is 14.0. The summed E-state index contributed by atoms with van der Waals surface area (Å²) in [6.07, 6.45) is 0.906. The maximum atomic E-state index is 12.7. The third kappa shape index (κ3) is 8.33. The van der Waals surface area contributed by atoms with E-state index in [4.69, 9.17) is 5.11 Å². The van der Waals surface area contributed by atoms with Crippen LogP contribution < -0.4 is 10.0 Å². The van der Waals surface area contributed by atoms with Crippen molar-refractivity contribution in [2.45, 2.75) is 36.0 Å². The highest BCUT2D eigenvalue weighted by atomic mass is 32.2. The summed E-state index contributed by atoms with van der Waals surface area (Å²) in [6.45, 7) is 1.56. The fraction of sp³-hybridized carbons (Fsp3) is 0.200. The first-order chi connectivity index (χ1) is 18.9. The molecule has 3 rings (SSSR count). The van der Waals surface area contributed by atoms with Crippen molar-refractivity contribution in [2.24, 2.45) is 0 Å². The van der Waals surface area contributed by atoms with Crippen LogP contribution in [0.4, 0.5) is 0 Å². The Hall–Kier alpha value is -4.34. The van der Waals surface area contributed by atoms with Crippen LogP contribution in [0.3, 0.4) is 0 Å². The maximum Gasteiger partial charge on any atom is 0.339 e. The van der Waals surface area contributed by atoms with Crippen molar-refractivity contribution in [3.63, 3.8) is 0 Å². The molecule has 0 fully saturated rings. The van der Waals surface area contributed by atoms with Gasteiger partial charge in [-0.3, -0.25) is 14.4 Å². The predicted octanol–water partition coefficient (Wildman–Crippen LogP) is 1.60. The van der Waals surface area contributed by atoms with Gasteiger partial charge in [0.25, 0.3) is 5.91 Å². The molecule has 0 aliphatic rings. The van der Waals surface area contributed by atoms with Gasteiger partial charge >= 0.3 is 11.9 Å². The van der Waals surface area contributed by atoms with E-state index < -0.39 is 57.4 Å². The number of carboxylic acids is 2. The minimum Gasteiger partial charge on any atom is -0.507 e. The zero-order valence-corrected chi connectivity index (χ0v) is 22.5. The van der Waals surface area contributed by atoms with Gasteiger partial charge in [0.05, 0.1) is 23.1 Å². The number of aromatic hydroxyl groups is 1. The Morgan fingerprint density at radius 2 is 1.73 bits per heavy atom. The van der Waals surface area contributed by atoms with Gasteiger partial charge in [-0.15, -0.1) is 0 Å². The molecular weight excluding hydrogens is 564 g/mol. The van der Waals surface area contributed by atoms with Crippen molar-refractivity contribution in [3.8, 4) is 5.75 Å². The quantitative estimate of drug-likeness (QED) is 0.142. The normalized spacial score (nSPS) is 11.9. The zero-order valence-electron chi connectivity index (χ0n) is 20.9. The summed E-state index contributed by atoms with van der Waals surface area (Å²) in [5.41, 5.74) is 0.684. The van der Waals surface area contributed by atoms with Crippen molar-refractivity contribution >= 4 is 45.4 Å². The van der Waals surface area contributed by atoms with E-state index in [1.54, 1.807) is 13.0 Å². The highest BCUT2D eigenvalue weighted by molar-refractivity contribution is 7.99. The monoisotopic (exact) mass is 588 g/mol. The number of ketones is 1. The number of aromatic nitrogens is 2. The number of nitrogens with one attached hydrogen (secondary N) is 2. The van der Waals surface area contributed by atoms with Crippen LogP contribution >= 0.6 is 11.8 Å². The summed E-state index contributed by atoms with van der Waals surface area (Å²) in [5.74, 6) is -4.73. The minimum absolute atomic E-state index is 0.106. The van der Waals surface area contributed by atoms with Crippen molar-refractivity contribution in [1.29, 1.82) is 0 Å². The Bertz CT molecular complexity index is 1540. The second-order valence-electron chi connectivity index (χ2n) is 8.37. The number of aromatic carboxylic acids is 1. The molecule has 0 bridgehead atoms. The molecule has 1 heterocycles. The second-order valence-corrected chi connectivity index (χ2v) is 11.1. The number of sulfonamides is 1. The molecule has 0 aliphatic heterocycles. The van der Waals surface area contributed by atoms with Crippen LogP contribution in [-0.2, 0) is 26.2 Å². The van der Waals surface area contributed by atoms with Crippen LogP contribution in [-0.4, -0.2) is 69.1 Å². The van der Waals surface area contributed by atoms with Crippen LogP contribution in [0.1, 0.15) is 38.4 Å². The maximum absolute atomic E-state index is 12.7. The molecule has 0 saturated heterocycles. The Kier molecular flexibility index (Phi) is 9.93. The molecule has 1 unspecified atom stereocenters. The summed E-state index contributed by atoms with van der Waals surface area (Å²) in [5, 5.41) is 30.6. The fourth-order valence-electron chi connectivity index (χ4n) is 3.28. The largest absolute Gasteiger partial charge is 0.507 e. The van der Waals surface area contributed by atoms with E-state index >= 15 is 0 Å². The lowest BCUT2D eigenvalue weighted by Gasteiger charge is -2.16. The highest BCUT2D eigenvalue weighted by Gasteiger charge is 2.25. The molecule has 210 valence electrons. The van der Waals surface area contributed by atoms with Crippen LogP contribution in [0.25, 0.3) is 0 Å². The second kappa shape index (κ2) is 13.1. The lowest BCUT2D eigenvalue weighted by atomic mass is 10.1. The number of phenols is 1. The molecule has 15 heteroatoms. The molecule has 2 aromatic carbocycles. The van der Waals surface area contributed by atoms with Crippen LogP contribution in [0, 0.1) is 6.92 Å². The number of aliphatic carboxylic acids is 1. The number of aryl methyl sites for hydroxylation is 1. The summed E-state index contributed by atoms with van der Waals surface area (Å²) in [7, 11) is -4.13. The lowest BCUT2D eigenvalue weighted by Crippen LogP contribution is -2.43. The first-order valence-electron chi connectivity index (χ1n) is 11.5. The van der Waals surface area contributed by atoms with Gasteiger partial charge in [-0.25, -0.2) is 27.9 Å². The summed E-state index contributed by atoms with van der Waals surface area (Å²) in [4.78, 5) is 55.7. The Labute approximate surface area is 232 Å². The number of hydrogen-bond donors (Lipinski definition) is 5. The van der Waals surface area contributed by atoms with Gasteiger partial charge in [-0.2, -0.15) is 0 Å². The van der Waals surface area contributed by atoms with Crippen molar-refractivity contribution < 1.29 is 42.9 Å². The number of carbonyl (C=O) groups is 4. The molecular formula is C25H24N4O9S2. The van der Waals surface area contributed by atoms with E-state index in [0.717, 1.165) is 30.0 Å². The van der Waals surface area contributed by atoms with Gasteiger partial charge in [0.15, 0.2) is 10.9 Å². The number of amides is 1. The average Bonchev–Trinajstić information content (AvgIpc) is 2.90. The molecule has 0 saturated carbocycles. The van der Waals surface area contributed by atoms with Crippen molar-refractivity contribution in [3.05, 3.63) is 77.1 Å². The Balaban J connectivity index is 1.62. The van der Waals surface area contributed by atoms with Crippen LogP contribution in [0.2, 0.25) is 0 Å². The predicted molar refractivity (Wildman–Crippen MR) is 142 cm³/mol. The molecule has 0 radical (unpaired) electrons. The molecule has 0 aliphatic carbocycles. The van der Waals surface area contributed by atoms with E-state index in [2.05, 4.69) is 20.0 Å². The van der Waals surface area contributed by atoms with Gasteiger partial charge in [0.2, 0.25) is 10.0 Å². The molecule has 13 nitrogen and oxygen atoms in total. The van der Waals surface area contributed by atoms with Gasteiger partial charge in [-0.05, 0) is 48.9 Å². The Morgan fingerprint density at radius 3 is 2.35 bits per heavy atom. The van der Waals surface area contributed by atoms with Gasteiger partial charge < -0.3 is 20.6 Å². The number of hydrogen-bond acceptors (Lipinski definition) is 10. The summed E-state index contributed by atoms with van der Waals surface area (Å²) >= 11 is 1.02. The average molecular weight is 589 g/mol. The number of Topliss-reactive ketones (excluding diaryl/α,β-unsaturated/α-hetero) is 1. The first kappa shape index (κ1) is 30.2. The van der Waals surface area contributed by atoms with E-state index in [0.29, 0.717) is 16.4 Å². The Morgan fingerprint density at radius 1 is 1.02 bits per heavy atom. The smallest absolute Gasteiger partial charge is 0.339 e. The van der Waals surface area contributed by atoms with E-state index in [1.807, 2.05) is 0 Å². The summed E-state index contributed by atoms with van der Waals surface area (Å²) < 4.78 is 27.4. The van der Waals surface area contributed by atoms with E-state index in [9.17, 15) is 37.8 Å². The fourth-order valence-corrected chi connectivity index (χ4v) is 5.14. The molecule has 5 N–H and O–H groups in total. The third-order valence-corrected chi connectivity index (χ3v) is 7.66. The van der Waals surface area contributed by atoms with Gasteiger partial charge in [-0.1, -0.05) is 23.9 Å². The number of benzene rings is 2. The highest BCUT2D eigenvalue weighted by Crippen LogP contribution is 2.21.